The lowest BCUT2D eigenvalue weighted by molar-refractivity contribution is -0.109. The van der Waals surface area contributed by atoms with Crippen LogP contribution in [0.5, 0.6) is 0 Å². The lowest BCUT2D eigenvalue weighted by Gasteiger charge is -2.11. The van der Waals surface area contributed by atoms with Gasteiger partial charge in [-0.15, -0.1) is 0 Å². The average molecular weight is 263 g/mol. The molecule has 0 amide bonds. The summed E-state index contributed by atoms with van der Waals surface area (Å²) in [6, 6.07) is 5.77. The number of allylic oxidation sites excluding steroid dienone is 1. The maximum absolute atomic E-state index is 11.6. The molecule has 2 rings (SSSR count). The van der Waals surface area contributed by atoms with Gasteiger partial charge < -0.3 is 4.79 Å². The van der Waals surface area contributed by atoms with E-state index in [2.05, 4.69) is 0 Å². The highest BCUT2D eigenvalue weighted by Crippen LogP contribution is 2.19. The first kappa shape index (κ1) is 13.0. The summed E-state index contributed by atoms with van der Waals surface area (Å²) in [5.41, 5.74) is 1.53. The number of carbonyl (C=O) groups is 1. The Hall–Kier alpha value is -1.40. The first-order valence-electron chi connectivity index (χ1n) is 5.62. The van der Waals surface area contributed by atoms with Gasteiger partial charge in [0.05, 0.1) is 4.90 Å². The summed E-state index contributed by atoms with van der Waals surface area (Å²) in [6.07, 6.45) is 4.28. The van der Waals surface area contributed by atoms with E-state index in [9.17, 15) is 13.2 Å². The molecule has 0 spiro atoms. The van der Waals surface area contributed by atoms with Gasteiger partial charge in [-0.1, -0.05) is 24.9 Å². The molecule has 93 valence electrons. The molecule has 1 fully saturated rings. The van der Waals surface area contributed by atoms with Crippen LogP contribution in [0.2, 0.25) is 6.32 Å². The molecule has 1 N–H and O–H groups in total. The predicted octanol–water partition coefficient (Wildman–Crippen LogP) is 1.76. The molecule has 0 atom stereocenters. The van der Waals surface area contributed by atoms with Crippen molar-refractivity contribution < 1.29 is 17.8 Å². The van der Waals surface area contributed by atoms with E-state index >= 15 is 0 Å². The van der Waals surface area contributed by atoms with Crippen molar-refractivity contribution in [1.82, 2.24) is 0 Å². The van der Waals surface area contributed by atoms with Crippen molar-refractivity contribution in [2.75, 3.05) is 0 Å². The number of hydrogen-bond donors (Lipinski definition) is 1. The van der Waals surface area contributed by atoms with Crippen LogP contribution in [0.25, 0.3) is 6.08 Å². The van der Waals surface area contributed by atoms with Crippen molar-refractivity contribution >= 4 is 29.2 Å². The third-order valence-corrected chi connectivity index (χ3v) is 3.68. The highest BCUT2D eigenvalue weighted by molar-refractivity contribution is 7.85. The Morgan fingerprint density at radius 2 is 1.89 bits per heavy atom. The summed E-state index contributed by atoms with van der Waals surface area (Å²) in [4.78, 5) is 11.4. The molecule has 1 aromatic carbocycles. The summed E-state index contributed by atoms with van der Waals surface area (Å²) in [5.74, 6) is 0. The number of carbonyl (C=O) groups excluding carboxylic acids is 1. The van der Waals surface area contributed by atoms with Gasteiger partial charge in [0.25, 0.3) is 10.1 Å². The van der Waals surface area contributed by atoms with Crippen LogP contribution in [0.1, 0.15) is 18.4 Å². The van der Waals surface area contributed by atoms with Gasteiger partial charge in [-0.05, 0) is 35.8 Å². The first-order valence-corrected chi connectivity index (χ1v) is 7.06. The standard InChI is InChI=1S/C12H12BO4S/c14-12-10(2-1-7-13-12)8-9-3-5-11(6-4-9)18(15,16)17/h3-6,8H,1-2,7H2,(H,15,16,17). The van der Waals surface area contributed by atoms with Gasteiger partial charge in [0, 0.05) is 0 Å². The van der Waals surface area contributed by atoms with Gasteiger partial charge in [0.1, 0.15) is 5.68 Å². The van der Waals surface area contributed by atoms with Gasteiger partial charge in [-0.3, -0.25) is 4.55 Å². The monoisotopic (exact) mass is 263 g/mol. The molecule has 1 heterocycles. The Balaban J connectivity index is 2.25. The van der Waals surface area contributed by atoms with Crippen LogP contribution < -0.4 is 0 Å². The van der Waals surface area contributed by atoms with Crippen LogP contribution in [0.4, 0.5) is 0 Å². The fourth-order valence-corrected chi connectivity index (χ4v) is 2.34. The molecule has 1 radical (unpaired) electrons. The molecule has 4 nitrogen and oxygen atoms in total. The molecular formula is C12H12BO4S. The van der Waals surface area contributed by atoms with E-state index in [-0.39, 0.29) is 10.6 Å². The Labute approximate surface area is 107 Å². The zero-order valence-corrected chi connectivity index (χ0v) is 10.5. The summed E-state index contributed by atoms with van der Waals surface area (Å²) in [6.45, 7) is 0. The lowest BCUT2D eigenvalue weighted by Crippen LogP contribution is -2.16. The maximum atomic E-state index is 11.6. The van der Waals surface area contributed by atoms with Crippen LogP contribution in [0.15, 0.2) is 34.7 Å². The third-order valence-electron chi connectivity index (χ3n) is 2.82. The summed E-state index contributed by atoms with van der Waals surface area (Å²) in [5, 5.41) is 0. The molecule has 6 heteroatoms. The van der Waals surface area contributed by atoms with Crippen LogP contribution in [-0.2, 0) is 14.9 Å². The Kier molecular flexibility index (Phi) is 3.68. The van der Waals surface area contributed by atoms with Gasteiger partial charge in [-0.25, -0.2) is 0 Å². The summed E-state index contributed by atoms with van der Waals surface area (Å²) in [7, 11) is -2.49. The molecular weight excluding hydrogens is 251 g/mol. The van der Waals surface area contributed by atoms with E-state index in [1.807, 2.05) is 0 Å². The number of benzene rings is 1. The van der Waals surface area contributed by atoms with E-state index in [0.717, 1.165) is 30.3 Å². The molecule has 0 aliphatic carbocycles. The van der Waals surface area contributed by atoms with Gasteiger partial charge in [0.15, 0.2) is 0 Å². The molecule has 0 bridgehead atoms. The molecule has 1 saturated heterocycles. The van der Waals surface area contributed by atoms with E-state index in [0.29, 0.717) is 0 Å². The minimum atomic E-state index is -4.16. The average Bonchev–Trinajstić information content (AvgIpc) is 2.32. The van der Waals surface area contributed by atoms with Crippen molar-refractivity contribution in [2.45, 2.75) is 24.1 Å². The smallest absolute Gasteiger partial charge is 0.294 e. The largest absolute Gasteiger partial charge is 0.307 e. The molecule has 0 aromatic heterocycles. The Morgan fingerprint density at radius 1 is 1.22 bits per heavy atom. The van der Waals surface area contributed by atoms with Crippen molar-refractivity contribution in [3.63, 3.8) is 0 Å². The Bertz CT molecular complexity index is 587. The lowest BCUT2D eigenvalue weighted by atomic mass is 9.61. The van der Waals surface area contributed by atoms with E-state index in [1.54, 1.807) is 25.5 Å². The van der Waals surface area contributed by atoms with Crippen molar-refractivity contribution in [3.05, 3.63) is 35.4 Å². The van der Waals surface area contributed by atoms with Crippen LogP contribution in [0.3, 0.4) is 0 Å². The zero-order chi connectivity index (χ0) is 13.2. The van der Waals surface area contributed by atoms with E-state index < -0.39 is 10.1 Å². The minimum Gasteiger partial charge on any atom is -0.307 e. The Morgan fingerprint density at radius 3 is 2.44 bits per heavy atom. The highest BCUT2D eigenvalue weighted by Gasteiger charge is 2.16. The minimum absolute atomic E-state index is 0.0418. The number of rotatable bonds is 2. The fraction of sp³-hybridized carbons (Fsp3) is 0.250. The van der Waals surface area contributed by atoms with E-state index in [1.165, 1.54) is 12.1 Å². The second-order valence-corrected chi connectivity index (χ2v) is 5.60. The normalized spacial score (nSPS) is 18.7. The van der Waals surface area contributed by atoms with Crippen molar-refractivity contribution in [1.29, 1.82) is 0 Å². The highest BCUT2D eigenvalue weighted by atomic mass is 32.2. The fourth-order valence-electron chi connectivity index (χ4n) is 1.86. The maximum Gasteiger partial charge on any atom is 0.294 e. The van der Waals surface area contributed by atoms with Gasteiger partial charge in [-0.2, -0.15) is 8.42 Å². The summed E-state index contributed by atoms with van der Waals surface area (Å²) >= 11 is 0. The van der Waals surface area contributed by atoms with Crippen LogP contribution in [-0.4, -0.2) is 25.9 Å². The topological polar surface area (TPSA) is 71.4 Å². The predicted molar refractivity (Wildman–Crippen MR) is 69.0 cm³/mol. The molecule has 1 aliphatic rings. The first-order chi connectivity index (χ1) is 8.47. The molecule has 0 unspecified atom stereocenters. The van der Waals surface area contributed by atoms with Crippen molar-refractivity contribution in [3.8, 4) is 0 Å². The quantitative estimate of drug-likeness (QED) is 0.501. The van der Waals surface area contributed by atoms with Crippen molar-refractivity contribution in [2.24, 2.45) is 0 Å². The van der Waals surface area contributed by atoms with Gasteiger partial charge in [0.2, 0.25) is 7.28 Å². The van der Waals surface area contributed by atoms with Gasteiger partial charge >= 0.3 is 0 Å². The van der Waals surface area contributed by atoms with Crippen LogP contribution >= 0.6 is 0 Å². The number of hydrogen-bond acceptors (Lipinski definition) is 3. The van der Waals surface area contributed by atoms with Crippen LogP contribution in [0, 0.1) is 0 Å². The molecule has 18 heavy (non-hydrogen) atoms. The molecule has 0 saturated carbocycles. The molecule has 1 aliphatic heterocycles. The molecule has 1 aromatic rings. The summed E-state index contributed by atoms with van der Waals surface area (Å²) < 4.78 is 30.6. The van der Waals surface area contributed by atoms with E-state index in [4.69, 9.17) is 4.55 Å². The second kappa shape index (κ2) is 5.08. The zero-order valence-electron chi connectivity index (χ0n) is 9.67. The third kappa shape index (κ3) is 3.08. The second-order valence-electron chi connectivity index (χ2n) is 4.17. The SMILES string of the molecule is O=C1[B]CCCC1=Cc1ccc(S(=O)(=O)O)cc1.